The summed E-state index contributed by atoms with van der Waals surface area (Å²) in [6, 6.07) is 4.00. The molecule has 1 aliphatic carbocycles. The molecule has 10 heteroatoms. The van der Waals surface area contributed by atoms with E-state index in [4.69, 9.17) is 32.7 Å². The zero-order valence-electron chi connectivity index (χ0n) is 20.4. The van der Waals surface area contributed by atoms with Gasteiger partial charge in [-0.2, -0.15) is 0 Å². The maximum atomic E-state index is 13.9. The average Bonchev–Trinajstić information content (AvgIpc) is 3.41. The molecule has 3 heterocycles. The van der Waals surface area contributed by atoms with E-state index in [0.29, 0.717) is 15.7 Å². The van der Waals surface area contributed by atoms with E-state index in [-0.39, 0.29) is 36.9 Å². The lowest BCUT2D eigenvalue weighted by molar-refractivity contribution is -0.144. The van der Waals surface area contributed by atoms with E-state index in [0.717, 1.165) is 25.7 Å². The van der Waals surface area contributed by atoms with Gasteiger partial charge in [0, 0.05) is 25.4 Å². The normalized spacial score (nSPS) is 33.2. The molecule has 8 nitrogen and oxygen atoms in total. The minimum absolute atomic E-state index is 0.0768. The van der Waals surface area contributed by atoms with Gasteiger partial charge in [0.1, 0.15) is 11.6 Å². The van der Waals surface area contributed by atoms with Crippen LogP contribution in [0.4, 0.5) is 5.69 Å². The number of nitrogens with one attached hydrogen (secondary N) is 2. The van der Waals surface area contributed by atoms with Crippen LogP contribution in [0.25, 0.3) is 0 Å². The third kappa shape index (κ3) is 4.12. The summed E-state index contributed by atoms with van der Waals surface area (Å²) in [5.41, 5.74) is -1.79. The molecule has 5 rings (SSSR count). The van der Waals surface area contributed by atoms with Crippen LogP contribution in [0.1, 0.15) is 39.0 Å². The molecular weight excluding hydrogens is 505 g/mol. The smallest absolute Gasteiger partial charge is 0.246 e. The van der Waals surface area contributed by atoms with Crippen molar-refractivity contribution in [3.8, 4) is 0 Å². The highest BCUT2D eigenvalue weighted by atomic mass is 35.5. The number of likely N-dealkylation sites (tertiary alicyclic amines) is 1. The van der Waals surface area contributed by atoms with Gasteiger partial charge in [-0.05, 0) is 38.0 Å². The Balaban J connectivity index is 1.46. The standard InChI is InChI=1S/C26H31Cl2N3O5/c1-25-10-11-26(36-25)20(19(25)22(32)30-16-8-9-17(27)18(28)14-16)24(34)31(12-13-35-2)21(26)23(33)29-15-6-4-3-5-7-15/h8-11,14-15,19-21H,3-7,12-13H2,1-2H3,(H,29,33)(H,30,32). The number of anilines is 1. The van der Waals surface area contributed by atoms with E-state index >= 15 is 0 Å². The number of halogens is 2. The Morgan fingerprint density at radius 1 is 1.14 bits per heavy atom. The first-order valence-corrected chi connectivity index (χ1v) is 13.2. The number of hydrogen-bond acceptors (Lipinski definition) is 5. The Morgan fingerprint density at radius 3 is 2.58 bits per heavy atom. The van der Waals surface area contributed by atoms with Crippen LogP contribution in [0, 0.1) is 11.8 Å². The number of benzene rings is 1. The number of carbonyl (C=O) groups is 3. The van der Waals surface area contributed by atoms with Gasteiger partial charge < -0.3 is 25.0 Å². The SMILES string of the molecule is COCCN1C(=O)C2C(C(=O)Nc3ccc(Cl)c(Cl)c3)C3(C)C=CC2(O3)C1C(=O)NC1CCCCC1. The topological polar surface area (TPSA) is 97.0 Å². The summed E-state index contributed by atoms with van der Waals surface area (Å²) in [7, 11) is 1.55. The van der Waals surface area contributed by atoms with Crippen molar-refractivity contribution < 1.29 is 23.9 Å². The van der Waals surface area contributed by atoms with Crippen molar-refractivity contribution in [1.29, 1.82) is 0 Å². The Bertz CT molecular complexity index is 1110. The molecule has 2 bridgehead atoms. The largest absolute Gasteiger partial charge is 0.383 e. The van der Waals surface area contributed by atoms with Crippen molar-refractivity contribution in [2.24, 2.45) is 11.8 Å². The molecule has 1 aromatic carbocycles. The van der Waals surface area contributed by atoms with Crippen LogP contribution in [0.15, 0.2) is 30.4 Å². The highest BCUT2D eigenvalue weighted by Gasteiger charge is 2.76. The van der Waals surface area contributed by atoms with E-state index in [1.165, 1.54) is 11.3 Å². The summed E-state index contributed by atoms with van der Waals surface area (Å²) in [6.45, 7) is 2.28. The molecule has 1 saturated carbocycles. The molecular formula is C26H31Cl2N3O5. The Morgan fingerprint density at radius 2 is 1.89 bits per heavy atom. The van der Waals surface area contributed by atoms with Gasteiger partial charge in [-0.15, -0.1) is 0 Å². The molecule has 194 valence electrons. The third-order valence-electron chi connectivity index (χ3n) is 8.00. The van der Waals surface area contributed by atoms with Gasteiger partial charge in [0.15, 0.2) is 0 Å². The molecule has 3 fully saturated rings. The predicted octanol–water partition coefficient (Wildman–Crippen LogP) is 3.57. The van der Waals surface area contributed by atoms with Crippen LogP contribution < -0.4 is 10.6 Å². The number of nitrogens with zero attached hydrogens (tertiary/aromatic N) is 1. The lowest BCUT2D eigenvalue weighted by Gasteiger charge is -2.34. The Hall–Kier alpha value is -2.13. The molecule has 36 heavy (non-hydrogen) atoms. The zero-order valence-corrected chi connectivity index (χ0v) is 21.9. The minimum atomic E-state index is -1.22. The maximum Gasteiger partial charge on any atom is 0.246 e. The molecule has 2 N–H and O–H groups in total. The second-order valence-corrected chi connectivity index (χ2v) is 11.1. The second kappa shape index (κ2) is 9.63. The van der Waals surface area contributed by atoms with Gasteiger partial charge in [0.25, 0.3) is 0 Å². The molecule has 0 aromatic heterocycles. The summed E-state index contributed by atoms with van der Waals surface area (Å²) in [5, 5.41) is 6.72. The summed E-state index contributed by atoms with van der Waals surface area (Å²) in [6.07, 6.45) is 8.78. The van der Waals surface area contributed by atoms with Gasteiger partial charge in [-0.1, -0.05) is 54.6 Å². The van der Waals surface area contributed by atoms with Crippen molar-refractivity contribution in [3.63, 3.8) is 0 Å². The number of amides is 3. The van der Waals surface area contributed by atoms with Gasteiger partial charge >= 0.3 is 0 Å². The first-order valence-electron chi connectivity index (χ1n) is 12.5. The average molecular weight is 536 g/mol. The quantitative estimate of drug-likeness (QED) is 0.520. The number of fused-ring (bicyclic) bond motifs is 1. The first-order chi connectivity index (χ1) is 17.2. The summed E-state index contributed by atoms with van der Waals surface area (Å²) in [4.78, 5) is 42.7. The maximum absolute atomic E-state index is 13.9. The molecule has 1 spiro atoms. The van der Waals surface area contributed by atoms with Gasteiger partial charge in [0.05, 0.1) is 34.1 Å². The van der Waals surface area contributed by atoms with E-state index in [1.54, 1.807) is 32.2 Å². The monoisotopic (exact) mass is 535 g/mol. The highest BCUT2D eigenvalue weighted by Crippen LogP contribution is 2.59. The van der Waals surface area contributed by atoms with Crippen LogP contribution >= 0.6 is 23.2 Å². The second-order valence-electron chi connectivity index (χ2n) is 10.3. The van der Waals surface area contributed by atoms with Crippen LogP contribution in [0.5, 0.6) is 0 Å². The number of rotatable bonds is 7. The lowest BCUT2D eigenvalue weighted by Crippen LogP contribution is -2.57. The zero-order chi connectivity index (χ0) is 25.7. The van der Waals surface area contributed by atoms with Gasteiger partial charge in [0.2, 0.25) is 17.7 Å². The summed E-state index contributed by atoms with van der Waals surface area (Å²) >= 11 is 12.1. The molecule has 1 aromatic rings. The van der Waals surface area contributed by atoms with Gasteiger partial charge in [-0.3, -0.25) is 14.4 Å². The first kappa shape index (κ1) is 25.5. The van der Waals surface area contributed by atoms with Crippen molar-refractivity contribution in [2.75, 3.05) is 25.6 Å². The molecule has 2 saturated heterocycles. The molecule has 0 radical (unpaired) electrons. The number of hydrogen-bond donors (Lipinski definition) is 2. The van der Waals surface area contributed by atoms with Crippen molar-refractivity contribution in [1.82, 2.24) is 10.2 Å². The molecule has 3 amide bonds. The van der Waals surface area contributed by atoms with Crippen molar-refractivity contribution in [3.05, 3.63) is 40.4 Å². The summed E-state index contributed by atoms with van der Waals surface area (Å²) in [5.74, 6) is -2.57. The van der Waals surface area contributed by atoms with Gasteiger partial charge in [-0.25, -0.2) is 0 Å². The lowest BCUT2D eigenvalue weighted by atomic mass is 9.70. The van der Waals surface area contributed by atoms with E-state index in [2.05, 4.69) is 10.6 Å². The Kier molecular flexibility index (Phi) is 6.83. The predicted molar refractivity (Wildman–Crippen MR) is 136 cm³/mol. The molecule has 3 aliphatic heterocycles. The van der Waals surface area contributed by atoms with Crippen molar-refractivity contribution >= 4 is 46.6 Å². The fourth-order valence-corrected chi connectivity index (χ4v) is 6.68. The van der Waals surface area contributed by atoms with E-state index < -0.39 is 29.1 Å². The summed E-state index contributed by atoms with van der Waals surface area (Å²) < 4.78 is 11.7. The van der Waals surface area contributed by atoms with Crippen LogP contribution in [0.2, 0.25) is 10.0 Å². The minimum Gasteiger partial charge on any atom is -0.383 e. The fraction of sp³-hybridized carbons (Fsp3) is 0.577. The van der Waals surface area contributed by atoms with E-state index in [9.17, 15) is 14.4 Å². The highest BCUT2D eigenvalue weighted by molar-refractivity contribution is 6.42. The number of ether oxygens (including phenoxy) is 2. The molecule has 5 unspecified atom stereocenters. The molecule has 4 aliphatic rings. The third-order valence-corrected chi connectivity index (χ3v) is 8.74. The van der Waals surface area contributed by atoms with Crippen LogP contribution in [-0.4, -0.2) is 66.2 Å². The number of carbonyl (C=O) groups excluding carboxylic acids is 3. The van der Waals surface area contributed by atoms with Crippen molar-refractivity contribution in [2.45, 2.75) is 62.3 Å². The van der Waals surface area contributed by atoms with Crippen LogP contribution in [-0.2, 0) is 23.9 Å². The van der Waals surface area contributed by atoms with Crippen LogP contribution in [0.3, 0.4) is 0 Å². The fourth-order valence-electron chi connectivity index (χ4n) is 6.38. The Labute approximate surface area is 220 Å². The van der Waals surface area contributed by atoms with E-state index in [1.807, 2.05) is 12.2 Å². The number of methoxy groups -OCH3 is 1. The molecule has 5 atom stereocenters.